The van der Waals surface area contributed by atoms with E-state index in [1.165, 1.54) is 0 Å². The van der Waals surface area contributed by atoms with Crippen LogP contribution in [0.2, 0.25) is 5.02 Å². The Morgan fingerprint density at radius 2 is 2.00 bits per heavy atom. The second-order valence-electron chi connectivity index (χ2n) is 9.40. The van der Waals surface area contributed by atoms with Gasteiger partial charge >= 0.3 is 12.3 Å². The molecule has 1 amide bonds. The summed E-state index contributed by atoms with van der Waals surface area (Å²) < 4.78 is 46.3. The molecule has 8 nitrogen and oxygen atoms in total. The molecule has 0 unspecified atom stereocenters. The number of pyridine rings is 1. The van der Waals surface area contributed by atoms with Gasteiger partial charge in [0.15, 0.2) is 5.65 Å². The molecule has 0 saturated carbocycles. The number of carbonyl (C=O) groups excluding carboxylic acids is 1. The number of alkyl halides is 3. The first-order chi connectivity index (χ1) is 16.3. The highest BCUT2D eigenvalue weighted by molar-refractivity contribution is 6.34. The van der Waals surface area contributed by atoms with Gasteiger partial charge in [0.1, 0.15) is 11.4 Å². The fraction of sp³-hybridized carbons (Fsp3) is 0.435. The second kappa shape index (κ2) is 9.10. The molecule has 4 rings (SSSR count). The monoisotopic (exact) mass is 511 g/mol. The van der Waals surface area contributed by atoms with Crippen molar-refractivity contribution in [3.05, 3.63) is 41.0 Å². The zero-order valence-corrected chi connectivity index (χ0v) is 20.1. The lowest BCUT2D eigenvalue weighted by atomic mass is 10.0. The standard InChI is InChI=1S/C23H25ClF3N5O3/c1-22(2,3)35-21(34)31-8-4-6-14(12-31)28-20-30-29-19-15(7-5-9-32(19)20)18-16(24)10-13(11-17(18)33)23(25,26)27/h5,7,9-11,14,33H,4,6,8,12H2,1-3H3,(H,28,30)/t14-/m1/s1. The number of phenols is 1. The number of fused-ring (bicyclic) bond motifs is 1. The molecule has 1 aliphatic heterocycles. The molecule has 35 heavy (non-hydrogen) atoms. The van der Waals surface area contributed by atoms with E-state index in [0.29, 0.717) is 36.3 Å². The van der Waals surface area contributed by atoms with Crippen LogP contribution in [0.4, 0.5) is 23.9 Å². The number of hydrogen-bond donors (Lipinski definition) is 2. The Labute approximate surface area is 204 Å². The number of hydrogen-bond acceptors (Lipinski definition) is 6. The van der Waals surface area contributed by atoms with Crippen molar-refractivity contribution in [2.24, 2.45) is 0 Å². The van der Waals surface area contributed by atoms with Crippen LogP contribution >= 0.6 is 11.6 Å². The molecule has 0 aliphatic carbocycles. The molecule has 3 aromatic rings. The minimum absolute atomic E-state index is 0.0259. The summed E-state index contributed by atoms with van der Waals surface area (Å²) in [7, 11) is 0. The van der Waals surface area contributed by atoms with Gasteiger partial charge in [0, 0.05) is 36.5 Å². The first-order valence-corrected chi connectivity index (χ1v) is 11.4. The fourth-order valence-electron chi connectivity index (χ4n) is 4.00. The SMILES string of the molecule is CC(C)(C)OC(=O)N1CCC[C@@H](Nc2nnc3c(-c4c(O)cc(C(F)(F)F)cc4Cl)cccn23)C1. The first kappa shape index (κ1) is 24.9. The molecule has 0 radical (unpaired) electrons. The van der Waals surface area contributed by atoms with Crippen molar-refractivity contribution < 1.29 is 27.8 Å². The van der Waals surface area contributed by atoms with Crippen LogP contribution < -0.4 is 5.32 Å². The quantitative estimate of drug-likeness (QED) is 0.476. The van der Waals surface area contributed by atoms with Crippen LogP contribution in [-0.2, 0) is 10.9 Å². The Morgan fingerprint density at radius 1 is 1.26 bits per heavy atom. The third-order valence-corrected chi connectivity index (χ3v) is 5.81. The van der Waals surface area contributed by atoms with Crippen molar-refractivity contribution in [1.29, 1.82) is 0 Å². The third kappa shape index (κ3) is 5.39. The van der Waals surface area contributed by atoms with Crippen LogP contribution in [0.15, 0.2) is 30.5 Å². The van der Waals surface area contributed by atoms with Crippen LogP contribution in [0, 0.1) is 0 Å². The average molecular weight is 512 g/mol. The number of benzene rings is 1. The maximum Gasteiger partial charge on any atom is 0.416 e. The molecule has 188 valence electrons. The van der Waals surface area contributed by atoms with E-state index in [4.69, 9.17) is 16.3 Å². The summed E-state index contributed by atoms with van der Waals surface area (Å²) >= 11 is 6.15. The number of ether oxygens (including phenoxy) is 1. The number of halogens is 4. The molecular weight excluding hydrogens is 487 g/mol. The van der Waals surface area contributed by atoms with E-state index in [2.05, 4.69) is 15.5 Å². The molecule has 0 spiro atoms. The third-order valence-electron chi connectivity index (χ3n) is 5.51. The van der Waals surface area contributed by atoms with Gasteiger partial charge in [0.05, 0.1) is 10.6 Å². The van der Waals surface area contributed by atoms with Gasteiger partial charge in [-0.25, -0.2) is 4.79 Å². The van der Waals surface area contributed by atoms with Gasteiger partial charge in [-0.1, -0.05) is 11.6 Å². The molecular formula is C23H25ClF3N5O3. The fourth-order valence-corrected chi connectivity index (χ4v) is 4.32. The lowest BCUT2D eigenvalue weighted by Crippen LogP contribution is -2.47. The second-order valence-corrected chi connectivity index (χ2v) is 9.81. The topological polar surface area (TPSA) is 92.0 Å². The number of carbonyl (C=O) groups is 1. The zero-order valence-electron chi connectivity index (χ0n) is 19.4. The molecule has 0 bridgehead atoms. The maximum absolute atomic E-state index is 13.1. The predicted molar refractivity (Wildman–Crippen MR) is 125 cm³/mol. The van der Waals surface area contributed by atoms with E-state index in [9.17, 15) is 23.1 Å². The number of rotatable bonds is 3. The van der Waals surface area contributed by atoms with Gasteiger partial charge < -0.3 is 20.1 Å². The number of amides is 1. The molecule has 1 saturated heterocycles. The molecule has 1 fully saturated rings. The van der Waals surface area contributed by atoms with Crippen LogP contribution in [0.25, 0.3) is 16.8 Å². The van der Waals surface area contributed by atoms with E-state index >= 15 is 0 Å². The molecule has 3 heterocycles. The Kier molecular flexibility index (Phi) is 6.48. The van der Waals surface area contributed by atoms with E-state index in [1.807, 2.05) is 20.8 Å². The molecule has 1 aliphatic rings. The van der Waals surface area contributed by atoms with Gasteiger partial charge in [-0.05, 0) is 57.9 Å². The average Bonchev–Trinajstić information content (AvgIpc) is 3.15. The van der Waals surface area contributed by atoms with Gasteiger partial charge in [-0.2, -0.15) is 13.2 Å². The van der Waals surface area contributed by atoms with Crippen molar-refractivity contribution in [1.82, 2.24) is 19.5 Å². The largest absolute Gasteiger partial charge is 0.507 e. The highest BCUT2D eigenvalue weighted by Crippen LogP contribution is 2.42. The Bertz CT molecular complexity index is 1230. The van der Waals surface area contributed by atoms with Crippen molar-refractivity contribution >= 4 is 29.3 Å². The van der Waals surface area contributed by atoms with Crippen LogP contribution in [0.3, 0.4) is 0 Å². The lowest BCUT2D eigenvalue weighted by molar-refractivity contribution is -0.137. The van der Waals surface area contributed by atoms with Gasteiger partial charge in [0.2, 0.25) is 5.95 Å². The van der Waals surface area contributed by atoms with Gasteiger partial charge in [0.25, 0.3) is 0 Å². The number of phenolic OH excluding ortho intramolecular Hbond substituents is 1. The highest BCUT2D eigenvalue weighted by atomic mass is 35.5. The number of aromatic hydroxyl groups is 1. The Hall–Kier alpha value is -3.21. The van der Waals surface area contributed by atoms with E-state index in [-0.39, 0.29) is 22.7 Å². The summed E-state index contributed by atoms with van der Waals surface area (Å²) in [5, 5.41) is 21.7. The van der Waals surface area contributed by atoms with Crippen molar-refractivity contribution in [2.45, 2.75) is 51.4 Å². The van der Waals surface area contributed by atoms with Gasteiger partial charge in [-0.3, -0.25) is 4.40 Å². The zero-order chi connectivity index (χ0) is 25.5. The smallest absolute Gasteiger partial charge is 0.416 e. The predicted octanol–water partition coefficient (Wildman–Crippen LogP) is 5.59. The molecule has 2 aromatic heterocycles. The van der Waals surface area contributed by atoms with E-state index in [1.54, 1.807) is 27.6 Å². The minimum Gasteiger partial charge on any atom is -0.507 e. The number of aromatic nitrogens is 3. The summed E-state index contributed by atoms with van der Waals surface area (Å²) in [6, 6.07) is 4.52. The number of piperidine rings is 1. The van der Waals surface area contributed by atoms with Crippen molar-refractivity contribution in [3.8, 4) is 16.9 Å². The maximum atomic E-state index is 13.1. The number of nitrogens with one attached hydrogen (secondary N) is 1. The number of anilines is 1. The summed E-state index contributed by atoms with van der Waals surface area (Å²) in [5.41, 5.74) is -0.998. The first-order valence-electron chi connectivity index (χ1n) is 11.0. The van der Waals surface area contributed by atoms with Crippen LogP contribution in [0.5, 0.6) is 5.75 Å². The molecule has 1 atom stereocenters. The normalized spacial score (nSPS) is 17.0. The van der Waals surface area contributed by atoms with E-state index < -0.39 is 23.1 Å². The molecule has 1 aromatic carbocycles. The summed E-state index contributed by atoms with van der Waals surface area (Å²) in [5.74, 6) is -0.226. The molecule has 12 heteroatoms. The van der Waals surface area contributed by atoms with Crippen molar-refractivity contribution in [2.75, 3.05) is 18.4 Å². The van der Waals surface area contributed by atoms with Crippen LogP contribution in [0.1, 0.15) is 39.2 Å². The lowest BCUT2D eigenvalue weighted by Gasteiger charge is -2.34. The number of likely N-dealkylation sites (tertiary alicyclic amines) is 1. The summed E-state index contributed by atoms with van der Waals surface area (Å²) in [6.07, 6.45) is -1.78. The van der Waals surface area contributed by atoms with Crippen molar-refractivity contribution in [3.63, 3.8) is 0 Å². The van der Waals surface area contributed by atoms with Gasteiger partial charge in [-0.15, -0.1) is 10.2 Å². The number of nitrogens with zero attached hydrogens (tertiary/aromatic N) is 4. The highest BCUT2D eigenvalue weighted by Gasteiger charge is 2.33. The van der Waals surface area contributed by atoms with Crippen LogP contribution in [-0.4, -0.2) is 55.4 Å². The molecule has 2 N–H and O–H groups in total. The summed E-state index contributed by atoms with van der Waals surface area (Å²) in [4.78, 5) is 14.1. The Balaban J connectivity index is 1.60. The summed E-state index contributed by atoms with van der Waals surface area (Å²) in [6.45, 7) is 6.43. The van der Waals surface area contributed by atoms with E-state index in [0.717, 1.165) is 18.9 Å². The minimum atomic E-state index is -4.65. The Morgan fingerprint density at radius 3 is 2.66 bits per heavy atom.